The van der Waals surface area contributed by atoms with Gasteiger partial charge >= 0.3 is 12.4 Å². The molecule has 2 aliphatic rings. The highest BCUT2D eigenvalue weighted by Gasteiger charge is 2.69. The molecule has 4 rings (SSSR count). The maximum absolute atomic E-state index is 13.7. The Morgan fingerprint density at radius 2 is 1.70 bits per heavy atom. The zero-order chi connectivity index (χ0) is 29.8. The van der Waals surface area contributed by atoms with E-state index in [1.165, 1.54) is 13.0 Å². The highest BCUT2D eigenvalue weighted by Crippen LogP contribution is 2.58. The van der Waals surface area contributed by atoms with Gasteiger partial charge in [-0.3, -0.25) is 19.3 Å². The fourth-order valence-corrected chi connectivity index (χ4v) is 5.74. The zero-order valence-corrected chi connectivity index (χ0v) is 21.4. The standard InChI is InChI=1S/C27H23F6N3O4/c1-14-21(23(39)36(13-37)18-9-6-16(12-34)19(10-18)27(31,32)33)25(3)20(11-24(14,2)40-25)35-22(38)15-4-7-17(8-5-15)26(28,29)30/h4-10,13-14,20-21H,11H2,1-3H3,(H,35,38)/t14?,20-,21+,24?,25?/m1/s1. The van der Waals surface area contributed by atoms with Crippen molar-refractivity contribution >= 4 is 23.9 Å². The summed E-state index contributed by atoms with van der Waals surface area (Å²) in [6.45, 7) is 4.91. The number of nitrogens with one attached hydrogen (secondary N) is 1. The number of amides is 3. The number of nitrogens with zero attached hydrogens (tertiary/aromatic N) is 2. The summed E-state index contributed by atoms with van der Waals surface area (Å²) >= 11 is 0. The third-order valence-electron chi connectivity index (χ3n) is 7.93. The number of rotatable bonds is 5. The van der Waals surface area contributed by atoms with Crippen molar-refractivity contribution in [2.45, 2.75) is 56.8 Å². The molecule has 7 nitrogen and oxygen atoms in total. The van der Waals surface area contributed by atoms with E-state index in [1.54, 1.807) is 13.8 Å². The third-order valence-corrected chi connectivity index (χ3v) is 7.93. The van der Waals surface area contributed by atoms with Crippen molar-refractivity contribution < 1.29 is 45.5 Å². The van der Waals surface area contributed by atoms with E-state index in [2.05, 4.69) is 5.32 Å². The van der Waals surface area contributed by atoms with Crippen LogP contribution in [0.2, 0.25) is 0 Å². The number of imide groups is 1. The number of anilines is 1. The summed E-state index contributed by atoms with van der Waals surface area (Å²) in [5.74, 6) is -3.22. The number of hydrogen-bond donors (Lipinski definition) is 1. The van der Waals surface area contributed by atoms with Crippen LogP contribution < -0.4 is 10.2 Å². The van der Waals surface area contributed by atoms with E-state index >= 15 is 0 Å². The number of nitriles is 1. The number of alkyl halides is 6. The number of fused-ring (bicyclic) bond motifs is 2. The van der Waals surface area contributed by atoms with E-state index in [0.717, 1.165) is 36.4 Å². The Morgan fingerprint density at radius 1 is 1.07 bits per heavy atom. The molecule has 3 amide bonds. The van der Waals surface area contributed by atoms with E-state index in [1.807, 2.05) is 0 Å². The van der Waals surface area contributed by atoms with Crippen LogP contribution in [-0.4, -0.2) is 35.5 Å². The van der Waals surface area contributed by atoms with Crippen LogP contribution in [0.15, 0.2) is 42.5 Å². The van der Waals surface area contributed by atoms with Crippen molar-refractivity contribution in [2.24, 2.45) is 11.8 Å². The quantitative estimate of drug-likeness (QED) is 0.401. The normalized spacial score (nSPS) is 27.6. The molecule has 0 aliphatic carbocycles. The van der Waals surface area contributed by atoms with E-state index in [0.29, 0.717) is 11.0 Å². The van der Waals surface area contributed by atoms with Gasteiger partial charge in [-0.25, -0.2) is 0 Å². The monoisotopic (exact) mass is 567 g/mol. The Kier molecular flexibility index (Phi) is 6.99. The molecule has 0 radical (unpaired) electrons. The Hall–Kier alpha value is -3.92. The van der Waals surface area contributed by atoms with Crippen molar-refractivity contribution in [2.75, 3.05) is 4.90 Å². The van der Waals surface area contributed by atoms with Gasteiger partial charge in [0, 0.05) is 5.56 Å². The summed E-state index contributed by atoms with van der Waals surface area (Å²) in [7, 11) is 0. The lowest BCUT2D eigenvalue weighted by molar-refractivity contribution is -0.138. The van der Waals surface area contributed by atoms with Crippen LogP contribution in [0.1, 0.15) is 54.2 Å². The lowest BCUT2D eigenvalue weighted by Gasteiger charge is -2.40. The predicted molar refractivity (Wildman–Crippen MR) is 128 cm³/mol. The second kappa shape index (κ2) is 9.62. The number of hydrogen-bond acceptors (Lipinski definition) is 5. The second-order valence-electron chi connectivity index (χ2n) is 10.3. The lowest BCUT2D eigenvalue weighted by atomic mass is 9.65. The highest BCUT2D eigenvalue weighted by atomic mass is 19.4. The highest BCUT2D eigenvalue weighted by molar-refractivity contribution is 6.09. The molecule has 5 atom stereocenters. The molecule has 2 saturated heterocycles. The average Bonchev–Trinajstić information content (AvgIpc) is 3.25. The molecule has 2 aliphatic heterocycles. The smallest absolute Gasteiger partial charge is 0.366 e. The van der Waals surface area contributed by atoms with E-state index < -0.39 is 75.6 Å². The molecule has 2 bridgehead atoms. The van der Waals surface area contributed by atoms with Crippen LogP contribution in [0.3, 0.4) is 0 Å². The summed E-state index contributed by atoms with van der Waals surface area (Å²) in [4.78, 5) is 39.2. The molecule has 2 aromatic carbocycles. The molecule has 3 unspecified atom stereocenters. The van der Waals surface area contributed by atoms with E-state index in [-0.39, 0.29) is 18.4 Å². The molecule has 40 heavy (non-hydrogen) atoms. The first-order valence-corrected chi connectivity index (χ1v) is 12.0. The molecule has 0 saturated carbocycles. The molecule has 2 fully saturated rings. The Morgan fingerprint density at radius 3 is 2.20 bits per heavy atom. The van der Waals surface area contributed by atoms with Gasteiger partial charge in [0.1, 0.15) is 0 Å². The van der Waals surface area contributed by atoms with Crippen LogP contribution in [0.25, 0.3) is 0 Å². The molecule has 13 heteroatoms. The fraction of sp³-hybridized carbons (Fsp3) is 0.407. The van der Waals surface area contributed by atoms with Crippen molar-refractivity contribution in [3.05, 3.63) is 64.7 Å². The van der Waals surface area contributed by atoms with Crippen molar-refractivity contribution in [3.8, 4) is 6.07 Å². The van der Waals surface area contributed by atoms with Crippen molar-refractivity contribution in [1.82, 2.24) is 5.32 Å². The van der Waals surface area contributed by atoms with Gasteiger partial charge in [0.15, 0.2) is 0 Å². The number of ether oxygens (including phenoxy) is 1. The van der Waals surface area contributed by atoms with Crippen molar-refractivity contribution in [1.29, 1.82) is 5.26 Å². The largest absolute Gasteiger partial charge is 0.417 e. The Balaban J connectivity index is 1.63. The SMILES string of the molecule is CC1[C@@H](C(=O)N(C=O)c2ccc(C#N)c(C(F)(F)F)c2)C2(C)OC1(C)C[C@H]2NC(=O)c1ccc(C(F)(F)F)cc1. The molecule has 1 N–H and O–H groups in total. The Labute approximate surface area is 224 Å². The van der Waals surface area contributed by atoms with Crippen LogP contribution in [-0.2, 0) is 26.7 Å². The Bertz CT molecular complexity index is 1400. The predicted octanol–water partition coefficient (Wildman–Crippen LogP) is 5.09. The topological polar surface area (TPSA) is 99.5 Å². The summed E-state index contributed by atoms with van der Waals surface area (Å²) in [5.41, 5.74) is -5.78. The minimum absolute atomic E-state index is 0.0627. The average molecular weight is 567 g/mol. The first-order chi connectivity index (χ1) is 18.5. The van der Waals surface area contributed by atoms with Gasteiger partial charge in [-0.15, -0.1) is 0 Å². The van der Waals surface area contributed by atoms with Gasteiger partial charge < -0.3 is 10.1 Å². The first kappa shape index (κ1) is 29.1. The summed E-state index contributed by atoms with van der Waals surface area (Å²) < 4.78 is 85.4. The molecular formula is C27H23F6N3O4. The van der Waals surface area contributed by atoms with Gasteiger partial charge in [-0.1, -0.05) is 6.92 Å². The summed E-state index contributed by atoms with van der Waals surface area (Å²) in [5, 5.41) is 11.8. The van der Waals surface area contributed by atoms with Crippen LogP contribution >= 0.6 is 0 Å². The van der Waals surface area contributed by atoms with E-state index in [4.69, 9.17) is 10.00 Å². The second-order valence-corrected chi connectivity index (χ2v) is 10.3. The molecule has 0 spiro atoms. The van der Waals surface area contributed by atoms with E-state index in [9.17, 15) is 40.7 Å². The van der Waals surface area contributed by atoms with Crippen LogP contribution in [0, 0.1) is 23.2 Å². The molecule has 2 heterocycles. The van der Waals surface area contributed by atoms with Gasteiger partial charge in [0.2, 0.25) is 12.3 Å². The first-order valence-electron chi connectivity index (χ1n) is 12.0. The van der Waals surface area contributed by atoms with Crippen LogP contribution in [0.5, 0.6) is 0 Å². The maximum atomic E-state index is 13.7. The summed E-state index contributed by atoms with van der Waals surface area (Å²) in [6.07, 6.45) is -9.20. The maximum Gasteiger partial charge on any atom is 0.417 e. The fourth-order valence-electron chi connectivity index (χ4n) is 5.74. The molecule has 212 valence electrons. The minimum atomic E-state index is -4.92. The lowest BCUT2D eigenvalue weighted by Crippen LogP contribution is -2.59. The van der Waals surface area contributed by atoms with Gasteiger partial charge in [0.25, 0.3) is 5.91 Å². The molecule has 2 aromatic rings. The zero-order valence-electron chi connectivity index (χ0n) is 21.4. The summed E-state index contributed by atoms with van der Waals surface area (Å²) in [6, 6.07) is 6.61. The van der Waals surface area contributed by atoms with Crippen LogP contribution in [0.4, 0.5) is 32.0 Å². The number of carbonyl (C=O) groups excluding carboxylic acids is 3. The van der Waals surface area contributed by atoms with Gasteiger partial charge in [-0.05, 0) is 68.7 Å². The minimum Gasteiger partial charge on any atom is -0.366 e. The van der Waals surface area contributed by atoms with Gasteiger partial charge in [0.05, 0.1) is 51.6 Å². The van der Waals surface area contributed by atoms with Crippen molar-refractivity contribution in [3.63, 3.8) is 0 Å². The van der Waals surface area contributed by atoms with Gasteiger partial charge in [-0.2, -0.15) is 31.6 Å². The molecular weight excluding hydrogens is 544 g/mol. The number of benzene rings is 2. The molecule has 0 aromatic heterocycles. The number of carbonyl (C=O) groups is 3. The number of halogens is 6. The third kappa shape index (κ3) is 4.81.